The summed E-state index contributed by atoms with van der Waals surface area (Å²) in [5.41, 5.74) is 1.19. The maximum Gasteiger partial charge on any atom is 0.329 e. The van der Waals surface area contributed by atoms with Crippen LogP contribution in [-0.2, 0) is 57.1 Å². The largest absolute Gasteiger partial charge is 0.460 e. The van der Waals surface area contributed by atoms with Crippen molar-refractivity contribution >= 4 is 29.2 Å². The zero-order valence-electron chi connectivity index (χ0n) is 48.1. The normalized spacial score (nSPS) is 38.4. The van der Waals surface area contributed by atoms with Crippen molar-refractivity contribution in [3.63, 3.8) is 0 Å². The number of esters is 1. The summed E-state index contributed by atoms with van der Waals surface area (Å²) < 4.78 is 42.3. The van der Waals surface area contributed by atoms with Gasteiger partial charge in [0.25, 0.3) is 11.7 Å². The zero-order valence-corrected chi connectivity index (χ0v) is 48.1. The summed E-state index contributed by atoms with van der Waals surface area (Å²) in [4.78, 5) is 75.4. The Kier molecular flexibility index (Phi) is 26.3. The van der Waals surface area contributed by atoms with E-state index in [9.17, 15) is 39.3 Å². The first kappa shape index (κ1) is 64.3. The van der Waals surface area contributed by atoms with Gasteiger partial charge in [0.2, 0.25) is 5.79 Å². The fraction of sp³-hybridized carbons (Fsp3) is 0.783. The van der Waals surface area contributed by atoms with E-state index in [1.807, 2.05) is 58.1 Å². The molecule has 4 heterocycles. The number of amides is 1. The molecule has 5 aliphatic rings. The number of fused-ring (bicyclic) bond motifs is 3. The van der Waals surface area contributed by atoms with Gasteiger partial charge in [0.1, 0.15) is 30.1 Å². The number of aliphatic hydroxyl groups is 3. The smallest absolute Gasteiger partial charge is 0.329 e. The van der Waals surface area contributed by atoms with Gasteiger partial charge >= 0.3 is 5.97 Å². The van der Waals surface area contributed by atoms with E-state index in [-0.39, 0.29) is 80.5 Å². The van der Waals surface area contributed by atoms with Crippen molar-refractivity contribution in [3.8, 4) is 0 Å². The van der Waals surface area contributed by atoms with Crippen molar-refractivity contribution in [2.45, 2.75) is 199 Å². The van der Waals surface area contributed by atoms with Crippen LogP contribution in [0.4, 0.5) is 0 Å². The number of carbonyl (C=O) groups excluding carboxylic acids is 5. The third-order valence-corrected chi connectivity index (χ3v) is 17.0. The predicted octanol–water partition coefficient (Wildman–Crippen LogP) is 6.68. The molecule has 4 aliphatic heterocycles. The van der Waals surface area contributed by atoms with Crippen LogP contribution >= 0.6 is 0 Å². The highest BCUT2D eigenvalue weighted by Gasteiger charge is 2.53. The first-order chi connectivity index (χ1) is 36.7. The number of aliphatic hydroxyl groups excluding tert-OH is 2. The molecular weight excluding hydrogens is 989 g/mol. The second-order valence-electron chi connectivity index (χ2n) is 23.1. The van der Waals surface area contributed by atoms with Gasteiger partial charge in [-0.1, -0.05) is 71.1 Å². The average molecular weight is 1090 g/mol. The summed E-state index contributed by atoms with van der Waals surface area (Å²) in [5, 5.41) is 33.4. The minimum Gasteiger partial charge on any atom is -0.460 e. The SMILES string of the molecule is CO[C@@H]1C[C@H](C[C@@H](C)[C@@H]2CC(=O)[C@H](C)/C=C(\C)[C@@H](O)[C@@H](OC)C(=O)[C@H](C)C[C@H](C)/C=C/C=C/C=C(\C)C(OCCO)C[C@@H]3CC[C@@H](C)[C@@](O)(O3)C(=O)C(=O)N3CCCCC3C(=O)O2)CC[C@H]1OCCCN1CCOC[C@@H]1C. The highest BCUT2D eigenvalue weighted by atomic mass is 16.6. The van der Waals surface area contributed by atoms with Gasteiger partial charge < -0.3 is 53.4 Å². The number of hydrogen-bond donors (Lipinski definition) is 3. The van der Waals surface area contributed by atoms with Crippen molar-refractivity contribution in [3.05, 3.63) is 47.6 Å². The topological polar surface area (TPSA) is 217 Å². The molecule has 17 heteroatoms. The van der Waals surface area contributed by atoms with Crippen LogP contribution in [0.25, 0.3) is 0 Å². The molecule has 0 radical (unpaired) electrons. The van der Waals surface area contributed by atoms with Gasteiger partial charge in [0.15, 0.2) is 5.78 Å². The van der Waals surface area contributed by atoms with E-state index in [0.717, 1.165) is 51.1 Å². The first-order valence-electron chi connectivity index (χ1n) is 28.8. The molecule has 1 aliphatic carbocycles. The number of piperidine rings is 1. The van der Waals surface area contributed by atoms with Crippen LogP contribution in [0.5, 0.6) is 0 Å². The molecule has 1 amide bonds. The van der Waals surface area contributed by atoms with Gasteiger partial charge in [-0.3, -0.25) is 24.1 Å². The molecule has 5 rings (SSSR count). The summed E-state index contributed by atoms with van der Waals surface area (Å²) >= 11 is 0. The first-order valence-corrected chi connectivity index (χ1v) is 28.8. The second-order valence-corrected chi connectivity index (χ2v) is 23.1. The zero-order chi connectivity index (χ0) is 56.4. The molecule has 0 spiro atoms. The summed E-state index contributed by atoms with van der Waals surface area (Å²) in [6, 6.07) is -0.783. The molecule has 1 saturated carbocycles. The van der Waals surface area contributed by atoms with E-state index >= 15 is 0 Å². The monoisotopic (exact) mass is 1080 g/mol. The minimum absolute atomic E-state index is 0.0100. The maximum absolute atomic E-state index is 14.6. The van der Waals surface area contributed by atoms with Crippen molar-refractivity contribution in [2.75, 3.05) is 66.9 Å². The number of morpholine rings is 1. The number of cyclic esters (lactones) is 1. The fourth-order valence-electron chi connectivity index (χ4n) is 12.0. The van der Waals surface area contributed by atoms with Crippen LogP contribution < -0.4 is 0 Å². The summed E-state index contributed by atoms with van der Waals surface area (Å²) in [6.07, 6.45) is 12.7. The summed E-state index contributed by atoms with van der Waals surface area (Å²) in [6.45, 7) is 18.7. The number of ether oxygens (including phenoxy) is 7. The molecule has 0 aromatic rings. The molecule has 0 aromatic heterocycles. The molecule has 0 aromatic carbocycles. The number of allylic oxidation sites excluding steroid dienone is 6. The second kappa shape index (κ2) is 31.5. The van der Waals surface area contributed by atoms with Crippen molar-refractivity contribution in [1.29, 1.82) is 0 Å². The summed E-state index contributed by atoms with van der Waals surface area (Å²) in [5.74, 6) is -8.09. The molecule has 2 unspecified atom stereocenters. The van der Waals surface area contributed by atoms with Crippen LogP contribution in [-0.4, -0.2) is 182 Å². The Morgan fingerprint density at radius 3 is 2.32 bits per heavy atom. The predicted molar refractivity (Wildman–Crippen MR) is 291 cm³/mol. The van der Waals surface area contributed by atoms with Gasteiger partial charge in [0.05, 0.1) is 50.8 Å². The molecule has 2 bridgehead atoms. The number of carbonyl (C=O) groups is 5. The van der Waals surface area contributed by atoms with E-state index in [0.29, 0.717) is 63.2 Å². The minimum atomic E-state index is -2.48. The van der Waals surface area contributed by atoms with Crippen molar-refractivity contribution < 1.29 is 72.5 Å². The molecule has 77 heavy (non-hydrogen) atoms. The lowest BCUT2D eigenvalue weighted by atomic mass is 9.78. The Labute approximate surface area is 459 Å². The molecule has 16 atom stereocenters. The van der Waals surface area contributed by atoms with Crippen LogP contribution in [0.2, 0.25) is 0 Å². The van der Waals surface area contributed by atoms with Gasteiger partial charge in [-0.15, -0.1) is 0 Å². The number of Topliss-reactive ketones (excluding diaryl/α,β-unsaturated/α-hetero) is 3. The summed E-state index contributed by atoms with van der Waals surface area (Å²) in [7, 11) is 3.09. The molecule has 4 fully saturated rings. The van der Waals surface area contributed by atoms with Gasteiger partial charge in [0, 0.05) is 77.1 Å². The van der Waals surface area contributed by atoms with Crippen LogP contribution in [0.3, 0.4) is 0 Å². The third-order valence-electron chi connectivity index (χ3n) is 17.0. The van der Waals surface area contributed by atoms with Crippen LogP contribution in [0.1, 0.15) is 139 Å². The lowest BCUT2D eigenvalue weighted by Crippen LogP contribution is -2.61. The average Bonchev–Trinajstić information content (AvgIpc) is 3.41. The van der Waals surface area contributed by atoms with E-state index < -0.39 is 77.8 Å². The Bertz CT molecular complexity index is 2040. The van der Waals surface area contributed by atoms with Gasteiger partial charge in [-0.05, 0) is 120 Å². The van der Waals surface area contributed by atoms with Gasteiger partial charge in [-0.25, -0.2) is 4.79 Å². The van der Waals surface area contributed by atoms with Crippen molar-refractivity contribution in [2.24, 2.45) is 35.5 Å². The molecule has 17 nitrogen and oxygen atoms in total. The number of methoxy groups -OCH3 is 2. The Morgan fingerprint density at radius 1 is 0.844 bits per heavy atom. The highest BCUT2D eigenvalue weighted by Crippen LogP contribution is 2.38. The lowest BCUT2D eigenvalue weighted by Gasteiger charge is -2.43. The Hall–Kier alpha value is -3.49. The van der Waals surface area contributed by atoms with Gasteiger partial charge in [-0.2, -0.15) is 0 Å². The molecule has 3 N–H and O–H groups in total. The van der Waals surface area contributed by atoms with E-state index in [1.165, 1.54) is 12.0 Å². The van der Waals surface area contributed by atoms with Crippen LogP contribution in [0, 0.1) is 35.5 Å². The number of nitrogens with zero attached hydrogens (tertiary/aromatic N) is 2. The number of hydrogen-bond acceptors (Lipinski definition) is 16. The maximum atomic E-state index is 14.6. The number of ketones is 3. The number of rotatable bonds is 13. The molecule has 436 valence electrons. The van der Waals surface area contributed by atoms with E-state index in [4.69, 9.17) is 33.2 Å². The standard InChI is InChI=1S/C60H96N2O15/c1-38-17-12-11-13-18-39(2)51(75-30-27-63)35-47-22-20-44(7)60(70,77-47)57(67)58(68)62-25-15-14-19-48(62)59(69)76-52(36-49(64)40(3)32-43(6)55(66)56(72-10)54(65)42(5)31-38)41(4)33-46-21-23-50(53(34-46)71-9)74-28-16-24-61-26-29-73-37-45(61)8/h11-13,17-18,32,38,40-42,44-48,50-53,55-56,63,66,70H,14-16,19-31,33-37H2,1-10H3/b13-11+,17-12+,39-18+,43-32+/t38-,40-,41-,42-,44-,45+,46+,47+,48?,50-,51?,52+,53-,55-,56+,60-/m1/s1. The highest BCUT2D eigenvalue weighted by molar-refractivity contribution is 6.39. The quantitative estimate of drug-likeness (QED) is 0.0759. The molecular formula is C60H96N2O15. The Morgan fingerprint density at radius 2 is 1.61 bits per heavy atom. The fourth-order valence-corrected chi connectivity index (χ4v) is 12.0. The Balaban J connectivity index is 1.41. The van der Waals surface area contributed by atoms with Crippen LogP contribution in [0.15, 0.2) is 47.6 Å². The molecule has 3 saturated heterocycles. The van der Waals surface area contributed by atoms with E-state index in [1.54, 1.807) is 34.0 Å². The van der Waals surface area contributed by atoms with E-state index in [2.05, 4.69) is 11.8 Å². The third kappa shape index (κ3) is 18.3. The van der Waals surface area contributed by atoms with Crippen molar-refractivity contribution in [1.82, 2.24) is 9.80 Å². The lowest BCUT2D eigenvalue weighted by molar-refractivity contribution is -0.266.